The first-order chi connectivity index (χ1) is 14.8. The van der Waals surface area contributed by atoms with Crippen LogP contribution in [-0.4, -0.2) is 57.3 Å². The van der Waals surface area contributed by atoms with Crippen molar-refractivity contribution in [1.29, 1.82) is 0 Å². The molecule has 2 aliphatic carbocycles. The van der Waals surface area contributed by atoms with E-state index in [-0.39, 0.29) is 12.5 Å². The van der Waals surface area contributed by atoms with Gasteiger partial charge in [0.25, 0.3) is 0 Å². The van der Waals surface area contributed by atoms with Crippen LogP contribution in [0.25, 0.3) is 0 Å². The van der Waals surface area contributed by atoms with Gasteiger partial charge in [0.1, 0.15) is 18.6 Å². The van der Waals surface area contributed by atoms with E-state index in [1.807, 2.05) is 0 Å². The van der Waals surface area contributed by atoms with Gasteiger partial charge in [0.15, 0.2) is 0 Å². The second-order valence-corrected chi connectivity index (χ2v) is 11.8. The maximum absolute atomic E-state index is 11.8. The lowest BCUT2D eigenvalue weighted by Gasteiger charge is -2.39. The van der Waals surface area contributed by atoms with Crippen molar-refractivity contribution in [2.45, 2.75) is 99.7 Å². The van der Waals surface area contributed by atoms with Gasteiger partial charge in [0, 0.05) is 22.2 Å². The third-order valence-electron chi connectivity index (χ3n) is 8.08. The summed E-state index contributed by atoms with van der Waals surface area (Å²) in [5.41, 5.74) is 4.43. The number of piperidine rings is 1. The largest absolute Gasteiger partial charge is 0.600 e. The van der Waals surface area contributed by atoms with Gasteiger partial charge < -0.3 is 20.7 Å². The van der Waals surface area contributed by atoms with E-state index in [1.54, 1.807) is 4.90 Å². The van der Waals surface area contributed by atoms with E-state index in [4.69, 9.17) is 5.10 Å². The molecule has 0 aromatic rings. The minimum atomic E-state index is -0.922. The van der Waals surface area contributed by atoms with E-state index in [0.717, 1.165) is 23.3 Å². The Balaban J connectivity index is 1.71. The van der Waals surface area contributed by atoms with E-state index >= 15 is 0 Å². The van der Waals surface area contributed by atoms with Crippen molar-refractivity contribution >= 4 is 28.3 Å². The molecule has 10 heteroatoms. The smallest absolute Gasteiger partial charge is 0.144 e. The van der Waals surface area contributed by atoms with Crippen LogP contribution >= 0.6 is 22.6 Å². The molecule has 0 aromatic carbocycles. The molecule has 6 N–H and O–H groups in total. The first kappa shape index (κ1) is 25.5. The monoisotopic (exact) mass is 554 g/mol. The van der Waals surface area contributed by atoms with Gasteiger partial charge in [0.05, 0.1) is 30.8 Å². The summed E-state index contributed by atoms with van der Waals surface area (Å²) < 4.78 is 0.743. The number of hydrogen-bond acceptors (Lipinski definition) is 6. The van der Waals surface area contributed by atoms with Crippen LogP contribution < -0.4 is 20.8 Å². The molecule has 0 amide bonds. The molecule has 1 aliphatic heterocycles. The number of nitrogens with one attached hydrogen (secondary N) is 4. The second kappa shape index (κ2) is 11.9. The van der Waals surface area contributed by atoms with Gasteiger partial charge in [-0.2, -0.15) is 5.10 Å². The van der Waals surface area contributed by atoms with E-state index in [9.17, 15) is 20.8 Å². The molecule has 0 bridgehead atoms. The van der Waals surface area contributed by atoms with Crippen molar-refractivity contribution in [3.05, 3.63) is 10.4 Å². The van der Waals surface area contributed by atoms with Gasteiger partial charge in [-0.3, -0.25) is 0 Å². The van der Waals surface area contributed by atoms with Gasteiger partial charge in [0.2, 0.25) is 0 Å². The van der Waals surface area contributed by atoms with E-state index in [0.29, 0.717) is 30.7 Å². The quantitative estimate of drug-likeness (QED) is 0.109. The zero-order valence-electron chi connectivity index (χ0n) is 18.9. The molecule has 8 atom stereocenters. The van der Waals surface area contributed by atoms with Crippen LogP contribution in [0.5, 0.6) is 0 Å². The summed E-state index contributed by atoms with van der Waals surface area (Å²) in [4.78, 5) is 1.60. The number of hydroxylamine groups is 4. The molecule has 0 spiro atoms. The average Bonchev–Trinajstić information content (AvgIpc) is 2.74. The zero-order valence-corrected chi connectivity index (χ0v) is 21.0. The minimum absolute atomic E-state index is 0.180. The third kappa shape index (κ3) is 6.95. The molecule has 2 saturated carbocycles. The molecule has 0 radical (unpaired) electrons. The number of likely N-dealkylation sites (tertiary alicyclic amines) is 1. The maximum atomic E-state index is 11.8. The highest BCUT2D eigenvalue weighted by atomic mass is 127. The third-order valence-corrected chi connectivity index (χ3v) is 9.33. The second-order valence-electron chi connectivity index (χ2n) is 10.1. The molecule has 3 rings (SSSR count). The number of hydrazone groups is 1. The SMILES string of the molecule is CC1CCC[NH+](CC(=NNC2CCC([NH+]([O-])O)CC2[NH+]([O-])O)C2CCC(I)CC2)C1C. The first-order valence-corrected chi connectivity index (χ1v) is 13.3. The molecule has 3 fully saturated rings. The van der Waals surface area contributed by atoms with Crippen LogP contribution in [0.1, 0.15) is 71.6 Å². The fourth-order valence-electron chi connectivity index (χ4n) is 5.66. The highest BCUT2D eigenvalue weighted by Crippen LogP contribution is 2.30. The summed E-state index contributed by atoms with van der Waals surface area (Å²) in [7, 11) is 0. The number of hydrogen-bond donors (Lipinski definition) is 6. The Morgan fingerprint density at radius 2 is 1.77 bits per heavy atom. The molecule has 31 heavy (non-hydrogen) atoms. The molecule has 3 aliphatic rings. The topological polar surface area (TPSA) is 124 Å². The van der Waals surface area contributed by atoms with Gasteiger partial charge in [-0.1, -0.05) is 29.5 Å². The van der Waals surface area contributed by atoms with Crippen molar-refractivity contribution in [1.82, 2.24) is 5.43 Å². The van der Waals surface area contributed by atoms with E-state index in [2.05, 4.69) is 41.9 Å². The van der Waals surface area contributed by atoms with Crippen LogP contribution in [0.4, 0.5) is 0 Å². The van der Waals surface area contributed by atoms with Crippen molar-refractivity contribution in [3.63, 3.8) is 0 Å². The Labute approximate surface area is 199 Å². The molecule has 1 saturated heterocycles. The number of alkyl halides is 1. The summed E-state index contributed by atoms with van der Waals surface area (Å²) in [6, 6.07) is -0.956. The molecule has 9 nitrogen and oxygen atoms in total. The molecule has 0 aromatic heterocycles. The molecular weight excluding hydrogens is 513 g/mol. The zero-order chi connectivity index (χ0) is 22.5. The maximum Gasteiger partial charge on any atom is 0.144 e. The van der Waals surface area contributed by atoms with Gasteiger partial charge in [-0.15, -0.1) is 0 Å². The fraction of sp³-hybridized carbons (Fsp3) is 0.952. The number of nitrogens with zero attached hydrogens (tertiary/aromatic N) is 1. The van der Waals surface area contributed by atoms with Crippen LogP contribution in [0, 0.1) is 22.3 Å². The number of quaternary nitrogens is 3. The molecule has 180 valence electrons. The standard InChI is InChI=1S/C21H40IN5O4/c1-14-4-3-11-25(15(14)2)13-20(16-5-7-17(22)8-6-16)24-23-19-10-9-18(26(28)29)12-21(19)27(30)31/h14-19,21,23,26-28,30H,3-13H2,1-2H3/p+1. The van der Waals surface area contributed by atoms with Crippen LogP contribution in [0.15, 0.2) is 5.10 Å². The van der Waals surface area contributed by atoms with Gasteiger partial charge in [-0.05, 0) is 51.9 Å². The average molecular weight is 554 g/mol. The Hall–Kier alpha value is -0.0800. The lowest BCUT2D eigenvalue weighted by atomic mass is 9.84. The fourth-order valence-corrected chi connectivity index (χ4v) is 6.38. The number of rotatable bonds is 7. The normalized spacial score (nSPS) is 42.1. The number of halogens is 1. The van der Waals surface area contributed by atoms with E-state index < -0.39 is 22.5 Å². The predicted octanol–water partition coefficient (Wildman–Crippen LogP) is -0.537. The van der Waals surface area contributed by atoms with Crippen LogP contribution in [0.2, 0.25) is 0 Å². The van der Waals surface area contributed by atoms with Crippen molar-refractivity contribution in [2.75, 3.05) is 13.1 Å². The predicted molar refractivity (Wildman–Crippen MR) is 126 cm³/mol. The summed E-state index contributed by atoms with van der Waals surface area (Å²) in [5, 5.41) is 45.3. The van der Waals surface area contributed by atoms with Gasteiger partial charge in [-0.25, -0.2) is 20.9 Å². The Bertz CT molecular complexity index is 588. The van der Waals surface area contributed by atoms with E-state index in [1.165, 1.54) is 37.9 Å². The summed E-state index contributed by atoms with van der Waals surface area (Å²) in [6.45, 7) is 6.79. The van der Waals surface area contributed by atoms with Crippen molar-refractivity contribution < 1.29 is 25.8 Å². The highest BCUT2D eigenvalue weighted by Gasteiger charge is 2.39. The molecular formula is C21H41IN5O4+. The lowest BCUT2D eigenvalue weighted by Crippen LogP contribution is -3.17. The van der Waals surface area contributed by atoms with Crippen LogP contribution in [-0.2, 0) is 0 Å². The van der Waals surface area contributed by atoms with Crippen LogP contribution in [0.3, 0.4) is 0 Å². The minimum Gasteiger partial charge on any atom is -0.600 e. The summed E-state index contributed by atoms with van der Waals surface area (Å²) in [6.07, 6.45) is 8.51. The first-order valence-electron chi connectivity index (χ1n) is 12.0. The van der Waals surface area contributed by atoms with Gasteiger partial charge >= 0.3 is 0 Å². The summed E-state index contributed by atoms with van der Waals surface area (Å²) >= 11 is 2.55. The molecule has 8 unspecified atom stereocenters. The Morgan fingerprint density at radius 3 is 2.42 bits per heavy atom. The highest BCUT2D eigenvalue weighted by molar-refractivity contribution is 14.1. The van der Waals surface area contributed by atoms with Crippen molar-refractivity contribution in [3.8, 4) is 0 Å². The summed E-state index contributed by atoms with van der Waals surface area (Å²) in [5.74, 6) is 1.18. The Kier molecular flexibility index (Phi) is 9.78. The molecule has 1 heterocycles. The lowest BCUT2D eigenvalue weighted by molar-refractivity contribution is -1.09. The van der Waals surface area contributed by atoms with Crippen molar-refractivity contribution in [2.24, 2.45) is 16.9 Å². The Morgan fingerprint density at radius 1 is 1.06 bits per heavy atom.